The molecule has 0 aliphatic carbocycles. The highest BCUT2D eigenvalue weighted by atomic mass is 32.1. The summed E-state index contributed by atoms with van der Waals surface area (Å²) in [6.45, 7) is 7.50. The molecule has 2 heterocycles. The van der Waals surface area contributed by atoms with E-state index >= 15 is 0 Å². The van der Waals surface area contributed by atoms with Gasteiger partial charge in [0.1, 0.15) is 33.3 Å². The Morgan fingerprint density at radius 1 is 0.571 bits per heavy atom. The number of unbranched alkanes of at least 4 members (excludes halogenated alkanes) is 16. The molecule has 0 aliphatic heterocycles. The van der Waals surface area contributed by atoms with Crippen molar-refractivity contribution in [2.75, 3.05) is 13.2 Å². The minimum Gasteiger partial charge on any atom is -0.494 e. The van der Waals surface area contributed by atoms with Gasteiger partial charge in [0.15, 0.2) is 6.10 Å². The maximum atomic E-state index is 13.1. The fraction of sp³-hybridized carbons (Fsp3) is 0.500. The minimum absolute atomic E-state index is 0.387. The molecule has 0 radical (unpaired) electrons. The first-order valence-corrected chi connectivity index (χ1v) is 22.1. The van der Waals surface area contributed by atoms with Crippen molar-refractivity contribution in [3.63, 3.8) is 0 Å². The molecule has 8 heteroatoms. The summed E-state index contributed by atoms with van der Waals surface area (Å²) in [6.07, 6.45) is 22.2. The van der Waals surface area contributed by atoms with E-state index < -0.39 is 18.0 Å². The minimum atomic E-state index is -0.657. The Labute approximate surface area is 338 Å². The first-order chi connectivity index (χ1) is 27.4. The average molecular weight is 783 g/mol. The van der Waals surface area contributed by atoms with E-state index in [2.05, 4.69) is 26.0 Å². The predicted octanol–water partition coefficient (Wildman–Crippen LogP) is 14.3. The van der Waals surface area contributed by atoms with Crippen LogP contribution in [0, 0.1) is 0 Å². The Morgan fingerprint density at radius 3 is 1.68 bits per heavy atom. The molecular formula is C48H62O7S. The van der Waals surface area contributed by atoms with Gasteiger partial charge in [-0.05, 0) is 67.3 Å². The van der Waals surface area contributed by atoms with Crippen LogP contribution >= 0.6 is 11.3 Å². The molecule has 0 saturated carbocycles. The molecule has 5 rings (SSSR count). The fourth-order valence-corrected chi connectivity index (χ4v) is 7.84. The zero-order valence-electron chi connectivity index (χ0n) is 33.9. The van der Waals surface area contributed by atoms with Crippen molar-refractivity contribution in [2.45, 2.75) is 142 Å². The van der Waals surface area contributed by atoms with Crippen LogP contribution in [0.1, 0.15) is 146 Å². The Hall–Kier alpha value is -4.14. The Balaban J connectivity index is 1.02. The number of esters is 2. The summed E-state index contributed by atoms with van der Waals surface area (Å²) in [5.74, 6) is 0.851. The quantitative estimate of drug-likeness (QED) is 0.0298. The molecular weight excluding hydrogens is 721 g/mol. The summed E-state index contributed by atoms with van der Waals surface area (Å²) >= 11 is 1.31. The number of carbonyl (C=O) groups is 2. The molecule has 2 aromatic heterocycles. The number of carbonyl (C=O) groups excluding carboxylic acids is 2. The van der Waals surface area contributed by atoms with Crippen molar-refractivity contribution in [3.8, 4) is 28.4 Å². The number of benzene rings is 3. The van der Waals surface area contributed by atoms with Crippen LogP contribution in [-0.2, 0) is 9.53 Å². The van der Waals surface area contributed by atoms with Crippen LogP contribution in [0.4, 0.5) is 0 Å². The lowest BCUT2D eigenvalue weighted by atomic mass is 10.1. The van der Waals surface area contributed by atoms with Crippen LogP contribution in [0.3, 0.4) is 0 Å². The third kappa shape index (κ3) is 13.8. The second-order valence-electron chi connectivity index (χ2n) is 14.9. The Morgan fingerprint density at radius 2 is 1.09 bits per heavy atom. The monoisotopic (exact) mass is 782 g/mol. The summed E-state index contributed by atoms with van der Waals surface area (Å²) in [5.41, 5.74) is 3.24. The largest absolute Gasteiger partial charge is 0.494 e. The number of rotatable bonds is 27. The van der Waals surface area contributed by atoms with Crippen LogP contribution in [-0.4, -0.2) is 31.3 Å². The lowest BCUT2D eigenvalue weighted by molar-refractivity contribution is -0.146. The zero-order valence-corrected chi connectivity index (χ0v) is 34.7. The van der Waals surface area contributed by atoms with E-state index in [4.69, 9.17) is 23.4 Å². The molecule has 1 unspecified atom stereocenters. The summed E-state index contributed by atoms with van der Waals surface area (Å²) in [5, 5.41) is 0.836. The summed E-state index contributed by atoms with van der Waals surface area (Å²) in [6, 6.07) is 22.6. The van der Waals surface area contributed by atoms with Gasteiger partial charge < -0.3 is 23.4 Å². The third-order valence-electron chi connectivity index (χ3n) is 10.3. The molecule has 0 amide bonds. The van der Waals surface area contributed by atoms with Gasteiger partial charge in [0.05, 0.1) is 11.3 Å². The van der Waals surface area contributed by atoms with Crippen LogP contribution in [0.5, 0.6) is 17.2 Å². The number of thiophene rings is 1. The van der Waals surface area contributed by atoms with E-state index in [9.17, 15) is 9.59 Å². The second kappa shape index (κ2) is 23.8. The lowest BCUT2D eigenvalue weighted by Gasteiger charge is -2.12. The van der Waals surface area contributed by atoms with E-state index in [1.165, 1.54) is 108 Å². The molecule has 5 aromatic rings. The normalized spacial score (nSPS) is 12.0. The predicted molar refractivity (Wildman–Crippen MR) is 229 cm³/mol. The van der Waals surface area contributed by atoms with Gasteiger partial charge in [-0.3, -0.25) is 0 Å². The Kier molecular flexibility index (Phi) is 18.3. The van der Waals surface area contributed by atoms with Gasteiger partial charge in [-0.15, -0.1) is 11.3 Å². The van der Waals surface area contributed by atoms with Gasteiger partial charge in [-0.1, -0.05) is 141 Å². The van der Waals surface area contributed by atoms with Crippen molar-refractivity contribution in [3.05, 3.63) is 77.7 Å². The molecule has 0 spiro atoms. The van der Waals surface area contributed by atoms with Gasteiger partial charge >= 0.3 is 11.9 Å². The van der Waals surface area contributed by atoms with E-state index in [1.807, 2.05) is 30.3 Å². The van der Waals surface area contributed by atoms with Crippen molar-refractivity contribution in [1.82, 2.24) is 0 Å². The summed E-state index contributed by atoms with van der Waals surface area (Å²) in [7, 11) is 0. The number of hydrogen-bond acceptors (Lipinski definition) is 8. The third-order valence-corrected chi connectivity index (χ3v) is 11.4. The van der Waals surface area contributed by atoms with Crippen molar-refractivity contribution in [1.29, 1.82) is 0 Å². The molecule has 0 saturated heterocycles. The van der Waals surface area contributed by atoms with Gasteiger partial charge in [-0.2, -0.15) is 0 Å². The van der Waals surface area contributed by atoms with Crippen LogP contribution in [0.25, 0.3) is 32.4 Å². The number of ether oxygens (including phenoxy) is 4. The topological polar surface area (TPSA) is 84.2 Å². The molecule has 3 aromatic carbocycles. The molecule has 0 N–H and O–H groups in total. The van der Waals surface area contributed by atoms with Crippen molar-refractivity contribution >= 4 is 44.5 Å². The average Bonchev–Trinajstić information content (AvgIpc) is 3.78. The van der Waals surface area contributed by atoms with Gasteiger partial charge in [-0.25, -0.2) is 9.59 Å². The van der Waals surface area contributed by atoms with Gasteiger partial charge in [0.2, 0.25) is 0 Å². The van der Waals surface area contributed by atoms with Gasteiger partial charge in [0.25, 0.3) is 0 Å². The van der Waals surface area contributed by atoms with Crippen molar-refractivity contribution in [2.24, 2.45) is 0 Å². The van der Waals surface area contributed by atoms with Crippen LogP contribution in [0.15, 0.2) is 77.2 Å². The molecule has 302 valence electrons. The fourth-order valence-electron chi connectivity index (χ4n) is 6.85. The number of hydrogen-bond donors (Lipinski definition) is 0. The highest BCUT2D eigenvalue weighted by Gasteiger charge is 2.20. The SMILES string of the molecule is CCCCCCCCCCCCOc1ccc(-c2ccc(OC(=O)c3cc4oc5cc(OC(=O)C(C)OCCCCCCCCCC)ccc5c4s3)cc2)cc1. The first kappa shape index (κ1) is 43.0. The van der Waals surface area contributed by atoms with Crippen molar-refractivity contribution < 1.29 is 33.0 Å². The van der Waals surface area contributed by atoms with Crippen LogP contribution in [0.2, 0.25) is 0 Å². The van der Waals surface area contributed by atoms with Gasteiger partial charge in [0, 0.05) is 24.1 Å². The molecule has 1 atom stereocenters. The maximum Gasteiger partial charge on any atom is 0.353 e. The number of fused-ring (bicyclic) bond motifs is 3. The van der Waals surface area contributed by atoms with E-state index in [1.54, 1.807) is 37.3 Å². The standard InChI is InChI=1S/C48H62O7S/c1-4-6-8-10-12-14-15-17-19-21-33-52-39-26-22-37(23-27-39)38-24-28-40(29-25-38)53-48(50)45-35-44-46(56-45)42-31-30-41(34-43(42)55-44)54-47(49)36(3)51-32-20-18-16-13-11-9-7-5-2/h22-31,34-36H,4-21,32-33H2,1-3H3. The first-order valence-electron chi connectivity index (χ1n) is 21.3. The smallest absolute Gasteiger partial charge is 0.353 e. The van der Waals surface area contributed by atoms with E-state index in [0.29, 0.717) is 34.1 Å². The van der Waals surface area contributed by atoms with E-state index in [-0.39, 0.29) is 0 Å². The van der Waals surface area contributed by atoms with Crippen LogP contribution < -0.4 is 14.2 Å². The summed E-state index contributed by atoms with van der Waals surface area (Å²) in [4.78, 5) is 26.2. The maximum absolute atomic E-state index is 13.1. The lowest BCUT2D eigenvalue weighted by Crippen LogP contribution is -2.26. The molecule has 56 heavy (non-hydrogen) atoms. The Bertz CT molecular complexity index is 1890. The molecule has 0 bridgehead atoms. The highest BCUT2D eigenvalue weighted by Crippen LogP contribution is 2.37. The number of furan rings is 1. The molecule has 7 nitrogen and oxygen atoms in total. The zero-order chi connectivity index (χ0) is 39.4. The second-order valence-corrected chi connectivity index (χ2v) is 16.0. The molecule has 0 fully saturated rings. The summed E-state index contributed by atoms with van der Waals surface area (Å²) < 4.78 is 29.9. The van der Waals surface area contributed by atoms with E-state index in [0.717, 1.165) is 52.8 Å². The highest BCUT2D eigenvalue weighted by molar-refractivity contribution is 7.21. The molecule has 0 aliphatic rings.